The number of carbonyl (C=O) groups excluding carboxylic acids is 1. The molecule has 0 bridgehead atoms. The number of hydrogen-bond donors (Lipinski definition) is 2. The van der Waals surface area contributed by atoms with Crippen molar-refractivity contribution in [1.82, 2.24) is 5.32 Å². The van der Waals surface area contributed by atoms with Crippen LogP contribution >= 0.6 is 0 Å². The lowest BCUT2D eigenvalue weighted by molar-refractivity contribution is -0.165. The first-order chi connectivity index (χ1) is 11.1. The van der Waals surface area contributed by atoms with Crippen molar-refractivity contribution in [2.45, 2.75) is 44.4 Å². The van der Waals surface area contributed by atoms with Gasteiger partial charge in [0, 0.05) is 6.42 Å². The molecule has 122 valence electrons. The fraction of sp³-hybridized carbons (Fsp3) is 0.421. The molecular weight excluding hydrogens is 288 g/mol. The molecule has 0 aromatic heterocycles. The summed E-state index contributed by atoms with van der Waals surface area (Å²) in [5.74, 6) is -0.338. The molecular formula is C19H24N2O2. The Kier molecular flexibility index (Phi) is 4.64. The average molecular weight is 312 g/mol. The van der Waals surface area contributed by atoms with E-state index in [1.807, 2.05) is 25.1 Å². The monoisotopic (exact) mass is 312 g/mol. The molecule has 0 amide bonds. The molecule has 3 rings (SSSR count). The van der Waals surface area contributed by atoms with Crippen LogP contribution in [0.5, 0.6) is 0 Å². The third-order valence-electron chi connectivity index (χ3n) is 4.48. The maximum Gasteiger partial charge on any atom is 0.325 e. The van der Waals surface area contributed by atoms with E-state index in [4.69, 9.17) is 10.5 Å². The molecule has 2 aromatic rings. The van der Waals surface area contributed by atoms with Gasteiger partial charge >= 0.3 is 5.97 Å². The average Bonchev–Trinajstić information content (AvgIpc) is 2.55. The summed E-state index contributed by atoms with van der Waals surface area (Å²) < 4.78 is 5.63. The highest BCUT2D eigenvalue weighted by Crippen LogP contribution is 2.21. The van der Waals surface area contributed by atoms with E-state index in [1.165, 1.54) is 5.39 Å². The first kappa shape index (κ1) is 16.0. The molecule has 0 spiro atoms. The summed E-state index contributed by atoms with van der Waals surface area (Å²) in [6.07, 6.45) is 3.51. The molecule has 1 aliphatic rings. The molecule has 1 heterocycles. The van der Waals surface area contributed by atoms with Gasteiger partial charge in [-0.1, -0.05) is 42.5 Å². The van der Waals surface area contributed by atoms with Crippen molar-refractivity contribution >= 4 is 16.7 Å². The van der Waals surface area contributed by atoms with Crippen molar-refractivity contribution in [3.63, 3.8) is 0 Å². The number of carbonyl (C=O) groups is 1. The molecule has 1 aliphatic heterocycles. The summed E-state index contributed by atoms with van der Waals surface area (Å²) in [4.78, 5) is 12.3. The van der Waals surface area contributed by atoms with Crippen molar-refractivity contribution in [2.75, 3.05) is 6.54 Å². The summed E-state index contributed by atoms with van der Waals surface area (Å²) in [7, 11) is 0. The van der Waals surface area contributed by atoms with E-state index in [0.717, 1.165) is 36.8 Å². The molecule has 0 saturated carbocycles. The van der Waals surface area contributed by atoms with Crippen LogP contribution in [0.3, 0.4) is 0 Å². The predicted molar refractivity (Wildman–Crippen MR) is 92.0 cm³/mol. The second-order valence-corrected chi connectivity index (χ2v) is 6.53. The zero-order valence-electron chi connectivity index (χ0n) is 13.5. The lowest BCUT2D eigenvalue weighted by Gasteiger charge is -2.35. The third-order valence-corrected chi connectivity index (χ3v) is 4.48. The Bertz CT molecular complexity index is 693. The molecule has 1 unspecified atom stereocenters. The van der Waals surface area contributed by atoms with Crippen molar-refractivity contribution in [2.24, 2.45) is 5.73 Å². The quantitative estimate of drug-likeness (QED) is 0.852. The molecule has 2 atom stereocenters. The Morgan fingerprint density at radius 3 is 2.78 bits per heavy atom. The number of piperidine rings is 1. The first-order valence-corrected chi connectivity index (χ1v) is 8.27. The zero-order valence-corrected chi connectivity index (χ0v) is 13.5. The van der Waals surface area contributed by atoms with Crippen LogP contribution in [0.1, 0.15) is 31.7 Å². The molecule has 1 saturated heterocycles. The van der Waals surface area contributed by atoms with Gasteiger partial charge in [0.2, 0.25) is 0 Å². The summed E-state index contributed by atoms with van der Waals surface area (Å²) >= 11 is 0. The number of ether oxygens (including phenoxy) is 1. The van der Waals surface area contributed by atoms with Gasteiger partial charge in [-0.05, 0) is 49.1 Å². The van der Waals surface area contributed by atoms with Gasteiger partial charge in [-0.3, -0.25) is 10.1 Å². The van der Waals surface area contributed by atoms with Gasteiger partial charge in [-0.15, -0.1) is 0 Å². The molecule has 2 aromatic carbocycles. The highest BCUT2D eigenvalue weighted by molar-refractivity contribution is 5.83. The van der Waals surface area contributed by atoms with Crippen LogP contribution in [0.25, 0.3) is 10.8 Å². The maximum atomic E-state index is 12.3. The van der Waals surface area contributed by atoms with Gasteiger partial charge in [0.25, 0.3) is 0 Å². The van der Waals surface area contributed by atoms with E-state index in [-0.39, 0.29) is 5.97 Å². The van der Waals surface area contributed by atoms with Crippen molar-refractivity contribution in [3.05, 3.63) is 48.0 Å². The standard InChI is InChI=1S/C19H24N2O2/c1-19(10-4-5-11-21-19)23-18(22)17(20)13-14-8-9-15-6-2-3-7-16(15)12-14/h2-3,6-9,12,17,21H,4-5,10-11,13,20H2,1H3/t17-,19?/m0/s1. The number of nitrogens with one attached hydrogen (secondary N) is 1. The number of esters is 1. The molecule has 23 heavy (non-hydrogen) atoms. The summed E-state index contributed by atoms with van der Waals surface area (Å²) in [5.41, 5.74) is 6.54. The minimum absolute atomic E-state index is 0.338. The zero-order chi connectivity index (χ0) is 16.3. The van der Waals surface area contributed by atoms with Crippen molar-refractivity contribution in [1.29, 1.82) is 0 Å². The van der Waals surface area contributed by atoms with Crippen LogP contribution in [0.15, 0.2) is 42.5 Å². The summed E-state index contributed by atoms with van der Waals surface area (Å²) in [6.45, 7) is 2.80. The van der Waals surface area contributed by atoms with E-state index >= 15 is 0 Å². The van der Waals surface area contributed by atoms with Gasteiger partial charge in [0.15, 0.2) is 5.72 Å². The van der Waals surface area contributed by atoms with Crippen molar-refractivity contribution in [3.8, 4) is 0 Å². The van der Waals surface area contributed by atoms with Crippen LogP contribution in [0, 0.1) is 0 Å². The van der Waals surface area contributed by atoms with E-state index in [2.05, 4.69) is 29.6 Å². The van der Waals surface area contributed by atoms with Crippen LogP contribution in [0.2, 0.25) is 0 Å². The van der Waals surface area contributed by atoms with E-state index in [1.54, 1.807) is 0 Å². The van der Waals surface area contributed by atoms with E-state index in [0.29, 0.717) is 6.42 Å². The van der Waals surface area contributed by atoms with Gasteiger partial charge < -0.3 is 10.5 Å². The first-order valence-electron chi connectivity index (χ1n) is 8.27. The summed E-state index contributed by atoms with van der Waals surface area (Å²) in [5, 5.41) is 5.62. The van der Waals surface area contributed by atoms with Gasteiger partial charge in [0.05, 0.1) is 0 Å². The number of fused-ring (bicyclic) bond motifs is 1. The highest BCUT2D eigenvalue weighted by atomic mass is 16.6. The van der Waals surface area contributed by atoms with Crippen LogP contribution < -0.4 is 11.1 Å². The van der Waals surface area contributed by atoms with Crippen LogP contribution in [-0.2, 0) is 16.0 Å². The van der Waals surface area contributed by atoms with Gasteiger partial charge in [-0.2, -0.15) is 0 Å². The number of rotatable bonds is 4. The molecule has 4 heteroatoms. The fourth-order valence-corrected chi connectivity index (χ4v) is 3.12. The minimum Gasteiger partial charge on any atom is -0.443 e. The van der Waals surface area contributed by atoms with Gasteiger partial charge in [-0.25, -0.2) is 0 Å². The lowest BCUT2D eigenvalue weighted by atomic mass is 10.0. The second kappa shape index (κ2) is 6.69. The predicted octanol–water partition coefficient (Wildman–Crippen LogP) is 2.74. The topological polar surface area (TPSA) is 64.3 Å². The Morgan fingerprint density at radius 1 is 1.26 bits per heavy atom. The van der Waals surface area contributed by atoms with Crippen molar-refractivity contribution < 1.29 is 9.53 Å². The molecule has 0 radical (unpaired) electrons. The maximum absolute atomic E-state index is 12.3. The van der Waals surface area contributed by atoms with Crippen LogP contribution in [-0.4, -0.2) is 24.3 Å². The molecule has 3 N–H and O–H groups in total. The SMILES string of the molecule is CC1(OC(=O)[C@@H](N)Cc2ccc3ccccc3c2)CCCCN1. The van der Waals surface area contributed by atoms with E-state index in [9.17, 15) is 4.79 Å². The second-order valence-electron chi connectivity index (χ2n) is 6.53. The lowest BCUT2D eigenvalue weighted by Crippen LogP contribution is -2.52. The smallest absolute Gasteiger partial charge is 0.325 e. The molecule has 1 fully saturated rings. The normalized spacial score (nSPS) is 22.7. The highest BCUT2D eigenvalue weighted by Gasteiger charge is 2.32. The van der Waals surface area contributed by atoms with E-state index < -0.39 is 11.8 Å². The summed E-state index contributed by atoms with van der Waals surface area (Å²) in [6, 6.07) is 13.7. The van der Waals surface area contributed by atoms with Crippen LogP contribution in [0.4, 0.5) is 0 Å². The fourth-order valence-electron chi connectivity index (χ4n) is 3.12. The van der Waals surface area contributed by atoms with Gasteiger partial charge in [0.1, 0.15) is 6.04 Å². The Morgan fingerprint density at radius 2 is 2.04 bits per heavy atom. The largest absolute Gasteiger partial charge is 0.443 e. The Labute approximate surface area is 137 Å². The Balaban J connectivity index is 1.65. The number of hydrogen-bond acceptors (Lipinski definition) is 4. The molecule has 4 nitrogen and oxygen atoms in total. The number of benzene rings is 2. The minimum atomic E-state index is -0.642. The third kappa shape index (κ3) is 3.89. The Hall–Kier alpha value is -1.91. The molecule has 0 aliphatic carbocycles. The number of nitrogens with two attached hydrogens (primary N) is 1.